The third-order valence-electron chi connectivity index (χ3n) is 5.34. The Morgan fingerprint density at radius 1 is 1.00 bits per heavy atom. The molecule has 0 N–H and O–H groups in total. The van der Waals surface area contributed by atoms with Crippen molar-refractivity contribution in [2.75, 3.05) is 26.2 Å². The van der Waals surface area contributed by atoms with Crippen molar-refractivity contribution in [2.24, 2.45) is 0 Å². The van der Waals surface area contributed by atoms with E-state index in [4.69, 9.17) is 42.8 Å². The topological polar surface area (TPSA) is 57.2 Å². The molecule has 1 amide bonds. The van der Waals surface area contributed by atoms with Crippen molar-refractivity contribution in [3.05, 3.63) is 81.5 Å². The second-order valence-corrected chi connectivity index (χ2v) is 9.54. The molecular formula is C26H21ClFNO5S2. The van der Waals surface area contributed by atoms with Crippen molar-refractivity contribution < 1.29 is 28.1 Å². The molecule has 0 atom stereocenters. The van der Waals surface area contributed by atoms with Crippen molar-refractivity contribution in [3.63, 3.8) is 0 Å². The molecule has 0 spiro atoms. The van der Waals surface area contributed by atoms with Crippen LogP contribution in [0.3, 0.4) is 0 Å². The highest BCUT2D eigenvalue weighted by molar-refractivity contribution is 8.27. The zero-order valence-electron chi connectivity index (χ0n) is 19.5. The van der Waals surface area contributed by atoms with E-state index in [1.54, 1.807) is 55.7 Å². The molecule has 1 heterocycles. The van der Waals surface area contributed by atoms with Crippen LogP contribution in [0.4, 0.5) is 10.1 Å². The molecule has 1 fully saturated rings. The number of thioether (sulfide) groups is 1. The summed E-state index contributed by atoms with van der Waals surface area (Å²) in [4.78, 5) is 15.1. The normalized spacial score (nSPS) is 14.4. The molecule has 0 unspecified atom stereocenters. The standard InChI is InChI=1S/C26H21ClFNO5S2/c1-31-16-8-10-21(32-2)20(13-16)29-25(30)24(36-26(29)35)12-15-7-9-22(23(11-15)33-3)34-14-17-18(27)5-4-6-19(17)28/h4-13H,14H2,1-3H3. The van der Waals surface area contributed by atoms with E-state index in [1.165, 1.54) is 43.0 Å². The second-order valence-electron chi connectivity index (χ2n) is 7.45. The molecule has 36 heavy (non-hydrogen) atoms. The van der Waals surface area contributed by atoms with Crippen LogP contribution in [0, 0.1) is 5.82 Å². The van der Waals surface area contributed by atoms with Crippen LogP contribution in [0.1, 0.15) is 11.1 Å². The van der Waals surface area contributed by atoms with E-state index < -0.39 is 5.82 Å². The Morgan fingerprint density at radius 3 is 2.44 bits per heavy atom. The maximum atomic E-state index is 14.1. The zero-order chi connectivity index (χ0) is 25.8. The van der Waals surface area contributed by atoms with E-state index >= 15 is 0 Å². The first-order chi connectivity index (χ1) is 17.4. The van der Waals surface area contributed by atoms with Gasteiger partial charge in [0.1, 0.15) is 23.9 Å². The maximum absolute atomic E-state index is 14.1. The summed E-state index contributed by atoms with van der Waals surface area (Å²) in [5, 5.41) is 0.278. The molecule has 0 aliphatic carbocycles. The van der Waals surface area contributed by atoms with Gasteiger partial charge in [-0.15, -0.1) is 0 Å². The quantitative estimate of drug-likeness (QED) is 0.237. The van der Waals surface area contributed by atoms with Crippen LogP contribution in [-0.4, -0.2) is 31.6 Å². The predicted octanol–water partition coefficient (Wildman–Crippen LogP) is 6.49. The van der Waals surface area contributed by atoms with Gasteiger partial charge in [-0.3, -0.25) is 9.69 Å². The lowest BCUT2D eigenvalue weighted by atomic mass is 10.1. The number of halogens is 2. The van der Waals surface area contributed by atoms with E-state index in [-0.39, 0.29) is 23.1 Å². The number of benzene rings is 3. The minimum atomic E-state index is -0.451. The summed E-state index contributed by atoms with van der Waals surface area (Å²) in [5.74, 6) is 1.15. The van der Waals surface area contributed by atoms with Gasteiger partial charge in [0.2, 0.25) is 0 Å². The zero-order valence-corrected chi connectivity index (χ0v) is 21.9. The number of hydrogen-bond donors (Lipinski definition) is 0. The average Bonchev–Trinajstić information content (AvgIpc) is 3.15. The third kappa shape index (κ3) is 5.28. The number of anilines is 1. The first-order valence-corrected chi connectivity index (χ1v) is 12.2. The van der Waals surface area contributed by atoms with Crippen LogP contribution in [0.2, 0.25) is 5.02 Å². The van der Waals surface area contributed by atoms with Crippen LogP contribution >= 0.6 is 35.6 Å². The number of nitrogens with zero attached hydrogens (tertiary/aromatic N) is 1. The highest BCUT2D eigenvalue weighted by Crippen LogP contribution is 2.42. The monoisotopic (exact) mass is 545 g/mol. The maximum Gasteiger partial charge on any atom is 0.270 e. The lowest BCUT2D eigenvalue weighted by molar-refractivity contribution is -0.113. The van der Waals surface area contributed by atoms with E-state index in [0.29, 0.717) is 43.5 Å². The van der Waals surface area contributed by atoms with Crippen LogP contribution < -0.4 is 23.8 Å². The summed E-state index contributed by atoms with van der Waals surface area (Å²) in [6.45, 7) is -0.0672. The lowest BCUT2D eigenvalue weighted by Gasteiger charge is -2.18. The molecule has 3 aromatic rings. The lowest BCUT2D eigenvalue weighted by Crippen LogP contribution is -2.28. The Morgan fingerprint density at radius 2 is 1.75 bits per heavy atom. The molecule has 1 saturated heterocycles. The molecule has 0 radical (unpaired) electrons. The molecule has 186 valence electrons. The Balaban J connectivity index is 1.58. The van der Waals surface area contributed by atoms with Crippen molar-refractivity contribution in [2.45, 2.75) is 6.61 Å². The Kier molecular flexibility index (Phi) is 8.03. The summed E-state index contributed by atoms with van der Waals surface area (Å²) in [6.07, 6.45) is 1.71. The van der Waals surface area contributed by atoms with E-state index in [9.17, 15) is 9.18 Å². The van der Waals surface area contributed by atoms with Crippen LogP contribution in [0.25, 0.3) is 6.08 Å². The molecule has 0 saturated carbocycles. The number of thiocarbonyl (C=S) groups is 1. The highest BCUT2D eigenvalue weighted by Gasteiger charge is 2.35. The summed E-state index contributed by atoms with van der Waals surface area (Å²) in [6, 6.07) is 14.8. The van der Waals surface area contributed by atoms with Crippen LogP contribution in [0.5, 0.6) is 23.0 Å². The van der Waals surface area contributed by atoms with Gasteiger partial charge >= 0.3 is 0 Å². The third-order valence-corrected chi connectivity index (χ3v) is 7.00. The van der Waals surface area contributed by atoms with Crippen LogP contribution in [0.15, 0.2) is 59.5 Å². The molecule has 0 aromatic heterocycles. The molecular weight excluding hydrogens is 525 g/mol. The van der Waals surface area contributed by atoms with Gasteiger partial charge in [0.15, 0.2) is 15.8 Å². The van der Waals surface area contributed by atoms with Gasteiger partial charge in [0, 0.05) is 11.6 Å². The molecule has 1 aliphatic heterocycles. The minimum absolute atomic E-state index is 0.0672. The molecule has 4 rings (SSSR count). The van der Waals surface area contributed by atoms with Gasteiger partial charge in [-0.05, 0) is 48.0 Å². The van der Waals surface area contributed by atoms with E-state index in [2.05, 4.69) is 0 Å². The van der Waals surface area contributed by atoms with Gasteiger partial charge < -0.3 is 18.9 Å². The van der Waals surface area contributed by atoms with Crippen molar-refractivity contribution in [1.82, 2.24) is 0 Å². The van der Waals surface area contributed by atoms with Gasteiger partial charge in [-0.1, -0.05) is 47.7 Å². The van der Waals surface area contributed by atoms with Crippen molar-refractivity contribution >= 4 is 57.6 Å². The number of carbonyl (C=O) groups excluding carboxylic acids is 1. The van der Waals surface area contributed by atoms with E-state index in [1.807, 2.05) is 0 Å². The fourth-order valence-electron chi connectivity index (χ4n) is 3.51. The number of ether oxygens (including phenoxy) is 4. The second kappa shape index (κ2) is 11.2. The first kappa shape index (κ1) is 25.8. The number of methoxy groups -OCH3 is 3. The average molecular weight is 546 g/mol. The predicted molar refractivity (Wildman–Crippen MR) is 144 cm³/mol. The number of carbonyl (C=O) groups is 1. The smallest absolute Gasteiger partial charge is 0.270 e. The summed E-state index contributed by atoms with van der Waals surface area (Å²) < 4.78 is 36.4. The molecule has 6 nitrogen and oxygen atoms in total. The largest absolute Gasteiger partial charge is 0.497 e. The van der Waals surface area contributed by atoms with Gasteiger partial charge in [0.25, 0.3) is 5.91 Å². The first-order valence-electron chi connectivity index (χ1n) is 10.6. The number of hydrogen-bond acceptors (Lipinski definition) is 7. The summed E-state index contributed by atoms with van der Waals surface area (Å²) in [7, 11) is 4.56. The fourth-order valence-corrected chi connectivity index (χ4v) is 5.01. The SMILES string of the molecule is COc1ccc(OC)c(N2C(=O)C(=Cc3ccc(OCc4c(F)cccc4Cl)c(OC)c3)SC2=S)c1. The highest BCUT2D eigenvalue weighted by atomic mass is 35.5. The minimum Gasteiger partial charge on any atom is -0.497 e. The molecule has 1 aliphatic rings. The van der Waals surface area contributed by atoms with Crippen LogP contribution in [-0.2, 0) is 11.4 Å². The van der Waals surface area contributed by atoms with Gasteiger partial charge in [-0.25, -0.2) is 4.39 Å². The molecule has 3 aromatic carbocycles. The Hall–Kier alpha value is -3.27. The molecule has 0 bridgehead atoms. The van der Waals surface area contributed by atoms with Gasteiger partial charge in [-0.2, -0.15) is 0 Å². The Labute approximate surface area is 222 Å². The Bertz CT molecular complexity index is 1340. The van der Waals surface area contributed by atoms with Crippen molar-refractivity contribution in [3.8, 4) is 23.0 Å². The molecule has 10 heteroatoms. The van der Waals surface area contributed by atoms with Crippen molar-refractivity contribution in [1.29, 1.82) is 0 Å². The van der Waals surface area contributed by atoms with Gasteiger partial charge in [0.05, 0.1) is 36.9 Å². The van der Waals surface area contributed by atoms with E-state index in [0.717, 1.165) is 0 Å². The number of rotatable bonds is 8. The summed E-state index contributed by atoms with van der Waals surface area (Å²) in [5.41, 5.74) is 1.44. The fraction of sp³-hybridized carbons (Fsp3) is 0.154. The number of amides is 1. The summed E-state index contributed by atoms with van der Waals surface area (Å²) >= 11 is 12.8.